The van der Waals surface area contributed by atoms with E-state index >= 15 is 0 Å². The Kier molecular flexibility index (Phi) is 7.89. The molecule has 0 saturated heterocycles. The van der Waals surface area contributed by atoms with Gasteiger partial charge in [-0.25, -0.2) is 0 Å². The van der Waals surface area contributed by atoms with Gasteiger partial charge in [-0.2, -0.15) is 0 Å². The van der Waals surface area contributed by atoms with E-state index in [1.807, 2.05) is 12.1 Å². The molecule has 0 aliphatic heterocycles. The summed E-state index contributed by atoms with van der Waals surface area (Å²) in [5, 5.41) is 12.4. The van der Waals surface area contributed by atoms with E-state index < -0.39 is 0 Å². The van der Waals surface area contributed by atoms with Crippen LogP contribution in [0.15, 0.2) is 229 Å². The van der Waals surface area contributed by atoms with E-state index in [2.05, 4.69) is 217 Å². The number of furan rings is 1. The number of para-hydroxylation sites is 1. The third kappa shape index (κ3) is 5.73. The van der Waals surface area contributed by atoms with Gasteiger partial charge < -0.3 is 9.32 Å². The van der Waals surface area contributed by atoms with Crippen molar-refractivity contribution in [1.29, 1.82) is 0 Å². The largest absolute Gasteiger partial charge is 0.456 e. The highest BCUT2D eigenvalue weighted by Crippen LogP contribution is 2.44. The first kappa shape index (κ1) is 34.1. The van der Waals surface area contributed by atoms with Crippen molar-refractivity contribution < 1.29 is 4.42 Å². The van der Waals surface area contributed by atoms with Gasteiger partial charge in [0.15, 0.2) is 0 Å². The Labute approximate surface area is 347 Å². The molecule has 1 aromatic heterocycles. The van der Waals surface area contributed by atoms with Crippen molar-refractivity contribution in [2.24, 2.45) is 0 Å². The second kappa shape index (κ2) is 13.9. The zero-order chi connectivity index (χ0) is 39.6. The standard InChI is InChI=1S/C58H37NO/c1-3-10-50-42(8-1)20-22-46-36-44(28-34-52(46)50)40-18-16-38(17-19-40)39-24-30-48(31-25-39)59(55-13-7-15-57-58(55)54-12-5-6-14-56(54)60-57)49-32-26-41(27-33-49)45-29-35-53-47(37-45)23-21-43-9-2-4-11-51(43)53/h1-37H. The average Bonchev–Trinajstić information content (AvgIpc) is 3.71. The molecule has 11 aromatic carbocycles. The number of benzene rings is 11. The van der Waals surface area contributed by atoms with Crippen molar-refractivity contribution in [1.82, 2.24) is 0 Å². The molecule has 0 aliphatic carbocycles. The van der Waals surface area contributed by atoms with E-state index in [-0.39, 0.29) is 0 Å². The highest BCUT2D eigenvalue weighted by Gasteiger charge is 2.20. The number of nitrogens with zero attached hydrogens (tertiary/aromatic N) is 1. The van der Waals surface area contributed by atoms with Crippen LogP contribution in [0.25, 0.3) is 98.4 Å². The van der Waals surface area contributed by atoms with Gasteiger partial charge in [0.05, 0.1) is 11.1 Å². The summed E-state index contributed by atoms with van der Waals surface area (Å²) in [4.78, 5) is 2.36. The molecule has 12 rings (SSSR count). The molecule has 1 heterocycles. The second-order valence-corrected chi connectivity index (χ2v) is 15.7. The molecule has 0 saturated carbocycles. The predicted octanol–water partition coefficient (Wildman–Crippen LogP) is 16.7. The van der Waals surface area contributed by atoms with Crippen molar-refractivity contribution in [3.8, 4) is 33.4 Å². The van der Waals surface area contributed by atoms with Gasteiger partial charge in [0.2, 0.25) is 0 Å². The van der Waals surface area contributed by atoms with E-state index in [9.17, 15) is 0 Å². The average molecular weight is 764 g/mol. The summed E-state index contributed by atoms with van der Waals surface area (Å²) in [7, 11) is 0. The minimum atomic E-state index is 0.871. The Morgan fingerprint density at radius 2 is 0.667 bits per heavy atom. The van der Waals surface area contributed by atoms with Crippen molar-refractivity contribution in [3.05, 3.63) is 224 Å². The number of rotatable bonds is 6. The third-order valence-electron chi connectivity index (χ3n) is 12.2. The first-order valence-corrected chi connectivity index (χ1v) is 20.6. The zero-order valence-electron chi connectivity index (χ0n) is 32.7. The molecule has 0 unspecified atom stereocenters. The van der Waals surface area contributed by atoms with Gasteiger partial charge in [-0.05, 0) is 131 Å². The van der Waals surface area contributed by atoms with Gasteiger partial charge in [-0.1, -0.05) is 170 Å². The van der Waals surface area contributed by atoms with Gasteiger partial charge in [-0.3, -0.25) is 0 Å². The Balaban J connectivity index is 0.901. The lowest BCUT2D eigenvalue weighted by atomic mass is 9.96. The summed E-state index contributed by atoms with van der Waals surface area (Å²) in [5.41, 5.74) is 12.1. The molecule has 2 heteroatoms. The number of hydrogen-bond acceptors (Lipinski definition) is 2. The first-order valence-electron chi connectivity index (χ1n) is 20.6. The maximum atomic E-state index is 6.38. The third-order valence-corrected chi connectivity index (χ3v) is 12.2. The molecule has 0 bridgehead atoms. The topological polar surface area (TPSA) is 16.4 Å². The lowest BCUT2D eigenvalue weighted by molar-refractivity contribution is 0.669. The molecular weight excluding hydrogens is 727 g/mol. The van der Waals surface area contributed by atoms with E-state index in [1.165, 1.54) is 76.5 Å². The summed E-state index contributed by atoms with van der Waals surface area (Å²) in [5.74, 6) is 0. The maximum Gasteiger partial charge on any atom is 0.137 e. The van der Waals surface area contributed by atoms with Crippen LogP contribution in [0.2, 0.25) is 0 Å². The minimum absolute atomic E-state index is 0.871. The van der Waals surface area contributed by atoms with Crippen LogP contribution in [-0.4, -0.2) is 0 Å². The molecule has 12 aromatic rings. The van der Waals surface area contributed by atoms with Crippen LogP contribution in [0.3, 0.4) is 0 Å². The van der Waals surface area contributed by atoms with Crippen LogP contribution in [0.4, 0.5) is 17.1 Å². The van der Waals surface area contributed by atoms with Crippen LogP contribution >= 0.6 is 0 Å². The molecule has 0 aliphatic rings. The lowest BCUT2D eigenvalue weighted by Crippen LogP contribution is -2.10. The van der Waals surface area contributed by atoms with Crippen molar-refractivity contribution in [2.45, 2.75) is 0 Å². The summed E-state index contributed by atoms with van der Waals surface area (Å²) in [6, 6.07) is 81.3. The summed E-state index contributed by atoms with van der Waals surface area (Å²) >= 11 is 0. The van der Waals surface area contributed by atoms with Gasteiger partial charge in [-0.15, -0.1) is 0 Å². The predicted molar refractivity (Wildman–Crippen MR) is 255 cm³/mol. The maximum absolute atomic E-state index is 6.38. The van der Waals surface area contributed by atoms with Crippen LogP contribution in [0.1, 0.15) is 0 Å². The summed E-state index contributed by atoms with van der Waals surface area (Å²) < 4.78 is 6.38. The van der Waals surface area contributed by atoms with Crippen LogP contribution in [0.5, 0.6) is 0 Å². The molecule has 0 amide bonds. The SMILES string of the molecule is c1ccc2c(c1)ccc1cc(-c3ccc(-c4ccc(N(c5ccc(-c6ccc7c(ccc8ccccc87)c6)cc5)c5cccc6oc7ccccc7c56)cc4)cc3)ccc12. The molecular formula is C58H37NO. The van der Waals surface area contributed by atoms with E-state index in [4.69, 9.17) is 4.42 Å². The zero-order valence-corrected chi connectivity index (χ0v) is 32.7. The Hall–Kier alpha value is -7.94. The van der Waals surface area contributed by atoms with Gasteiger partial charge in [0.1, 0.15) is 11.2 Å². The lowest BCUT2D eigenvalue weighted by Gasteiger charge is -2.26. The van der Waals surface area contributed by atoms with E-state index in [0.29, 0.717) is 0 Å². The van der Waals surface area contributed by atoms with Gasteiger partial charge in [0.25, 0.3) is 0 Å². The smallest absolute Gasteiger partial charge is 0.137 e. The van der Waals surface area contributed by atoms with Crippen LogP contribution in [0, 0.1) is 0 Å². The number of hydrogen-bond donors (Lipinski definition) is 0. The van der Waals surface area contributed by atoms with Crippen LogP contribution in [-0.2, 0) is 0 Å². The molecule has 0 atom stereocenters. The molecule has 2 nitrogen and oxygen atoms in total. The van der Waals surface area contributed by atoms with Crippen LogP contribution < -0.4 is 4.90 Å². The van der Waals surface area contributed by atoms with Crippen molar-refractivity contribution >= 4 is 82.1 Å². The fourth-order valence-electron chi connectivity index (χ4n) is 9.22. The van der Waals surface area contributed by atoms with Crippen molar-refractivity contribution in [2.75, 3.05) is 4.90 Å². The van der Waals surface area contributed by atoms with Gasteiger partial charge >= 0.3 is 0 Å². The first-order chi connectivity index (χ1) is 29.7. The summed E-state index contributed by atoms with van der Waals surface area (Å²) in [6.45, 7) is 0. The molecule has 0 radical (unpaired) electrons. The highest BCUT2D eigenvalue weighted by atomic mass is 16.3. The Bertz CT molecular complexity index is 3580. The Morgan fingerprint density at radius 3 is 1.22 bits per heavy atom. The number of anilines is 3. The van der Waals surface area contributed by atoms with Gasteiger partial charge in [0, 0.05) is 16.8 Å². The molecule has 0 fully saturated rings. The fraction of sp³-hybridized carbons (Fsp3) is 0. The molecule has 0 N–H and O–H groups in total. The molecule has 280 valence electrons. The van der Waals surface area contributed by atoms with Crippen molar-refractivity contribution in [3.63, 3.8) is 0 Å². The quantitative estimate of drug-likeness (QED) is 0.157. The van der Waals surface area contributed by atoms with E-state index in [0.717, 1.165) is 39.0 Å². The molecule has 0 spiro atoms. The monoisotopic (exact) mass is 763 g/mol. The van der Waals surface area contributed by atoms with E-state index in [1.54, 1.807) is 0 Å². The second-order valence-electron chi connectivity index (χ2n) is 15.7. The fourth-order valence-corrected chi connectivity index (χ4v) is 9.22. The minimum Gasteiger partial charge on any atom is -0.456 e. The summed E-state index contributed by atoms with van der Waals surface area (Å²) in [6.07, 6.45) is 0. The molecule has 60 heavy (non-hydrogen) atoms. The highest BCUT2D eigenvalue weighted by molar-refractivity contribution is 6.14. The number of fused-ring (bicyclic) bond motifs is 9. The Morgan fingerprint density at radius 1 is 0.267 bits per heavy atom. The normalized spacial score (nSPS) is 11.7.